The first-order valence-corrected chi connectivity index (χ1v) is 5.12. The summed E-state index contributed by atoms with van der Waals surface area (Å²) < 4.78 is 0. The molecule has 0 saturated carbocycles. The Morgan fingerprint density at radius 3 is 3.00 bits per heavy atom. The molecule has 1 atom stereocenters. The van der Waals surface area contributed by atoms with E-state index in [4.69, 9.17) is 18.0 Å². The Kier molecular flexibility index (Phi) is 4.20. The third-order valence-corrected chi connectivity index (χ3v) is 2.25. The van der Waals surface area contributed by atoms with Crippen LogP contribution in [0.15, 0.2) is 24.3 Å². The lowest BCUT2D eigenvalue weighted by Gasteiger charge is -2.08. The number of carbonyl (C=O) groups is 1. The highest BCUT2D eigenvalue weighted by Crippen LogP contribution is 2.07. The molecule has 1 N–H and O–H groups in total. The third kappa shape index (κ3) is 3.30. The molecule has 1 amide bonds. The van der Waals surface area contributed by atoms with Gasteiger partial charge in [-0.1, -0.05) is 18.1 Å². The Labute approximate surface area is 94.6 Å². The van der Waals surface area contributed by atoms with Gasteiger partial charge in [-0.25, -0.2) is 0 Å². The third-order valence-electron chi connectivity index (χ3n) is 1.94. The van der Waals surface area contributed by atoms with Gasteiger partial charge in [-0.3, -0.25) is 4.79 Å². The molecule has 1 aromatic rings. The van der Waals surface area contributed by atoms with Crippen LogP contribution in [-0.2, 0) is 5.88 Å². The molecule has 0 bridgehead atoms. The van der Waals surface area contributed by atoms with Crippen molar-refractivity contribution in [3.8, 4) is 12.3 Å². The SMILES string of the molecule is C#CC(C)NC(=O)c1cccc(CCl)c1. The lowest BCUT2D eigenvalue weighted by Crippen LogP contribution is -2.31. The summed E-state index contributed by atoms with van der Waals surface area (Å²) in [4.78, 5) is 11.6. The number of alkyl halides is 1. The Balaban J connectivity index is 2.78. The Bertz CT molecular complexity index is 395. The Morgan fingerprint density at radius 1 is 1.67 bits per heavy atom. The van der Waals surface area contributed by atoms with Crippen LogP contribution in [0.1, 0.15) is 22.8 Å². The van der Waals surface area contributed by atoms with Crippen molar-refractivity contribution in [3.05, 3.63) is 35.4 Å². The molecular weight excluding hydrogens is 210 g/mol. The normalized spacial score (nSPS) is 11.5. The predicted molar refractivity (Wildman–Crippen MR) is 61.8 cm³/mol. The van der Waals surface area contributed by atoms with Gasteiger partial charge in [0.25, 0.3) is 5.91 Å². The summed E-state index contributed by atoms with van der Waals surface area (Å²) in [6.07, 6.45) is 5.17. The van der Waals surface area contributed by atoms with Gasteiger partial charge in [-0.15, -0.1) is 18.0 Å². The highest BCUT2D eigenvalue weighted by Gasteiger charge is 2.07. The smallest absolute Gasteiger partial charge is 0.252 e. The average Bonchev–Trinajstić information content (AvgIpc) is 2.28. The number of rotatable bonds is 3. The lowest BCUT2D eigenvalue weighted by molar-refractivity contribution is 0.0948. The van der Waals surface area contributed by atoms with E-state index in [9.17, 15) is 4.79 Å². The number of hydrogen-bond donors (Lipinski definition) is 1. The van der Waals surface area contributed by atoms with E-state index in [2.05, 4.69) is 11.2 Å². The molecule has 1 aromatic carbocycles. The molecule has 0 saturated heterocycles. The second kappa shape index (κ2) is 5.43. The number of halogens is 1. The fourth-order valence-electron chi connectivity index (χ4n) is 1.12. The van der Waals surface area contributed by atoms with E-state index in [1.807, 2.05) is 6.07 Å². The maximum atomic E-state index is 11.6. The maximum Gasteiger partial charge on any atom is 0.252 e. The van der Waals surface area contributed by atoms with Gasteiger partial charge in [0.15, 0.2) is 0 Å². The monoisotopic (exact) mass is 221 g/mol. The zero-order valence-corrected chi connectivity index (χ0v) is 9.21. The van der Waals surface area contributed by atoms with Crippen molar-refractivity contribution in [2.45, 2.75) is 18.8 Å². The molecular formula is C12H12ClNO. The summed E-state index contributed by atoms with van der Waals surface area (Å²) >= 11 is 5.67. The van der Waals surface area contributed by atoms with Crippen LogP contribution in [0.5, 0.6) is 0 Å². The minimum atomic E-state index is -0.267. The maximum absolute atomic E-state index is 11.6. The molecule has 1 rings (SSSR count). The molecule has 3 heteroatoms. The first-order chi connectivity index (χ1) is 7.17. The molecule has 78 valence electrons. The minimum absolute atomic E-state index is 0.174. The minimum Gasteiger partial charge on any atom is -0.339 e. The highest BCUT2D eigenvalue weighted by atomic mass is 35.5. The van der Waals surface area contributed by atoms with Crippen LogP contribution < -0.4 is 5.32 Å². The van der Waals surface area contributed by atoms with Crippen molar-refractivity contribution in [2.24, 2.45) is 0 Å². The van der Waals surface area contributed by atoms with Gasteiger partial charge >= 0.3 is 0 Å². The first-order valence-electron chi connectivity index (χ1n) is 4.59. The lowest BCUT2D eigenvalue weighted by atomic mass is 10.1. The number of terminal acetylenes is 1. The van der Waals surface area contributed by atoms with Crippen LogP contribution in [0.4, 0.5) is 0 Å². The van der Waals surface area contributed by atoms with E-state index in [-0.39, 0.29) is 11.9 Å². The fourth-order valence-corrected chi connectivity index (χ4v) is 1.28. The summed E-state index contributed by atoms with van der Waals surface area (Å²) in [5.74, 6) is 2.66. The second-order valence-electron chi connectivity index (χ2n) is 3.20. The molecule has 0 aliphatic rings. The summed E-state index contributed by atoms with van der Waals surface area (Å²) in [5.41, 5.74) is 1.49. The van der Waals surface area contributed by atoms with Gasteiger partial charge in [0.2, 0.25) is 0 Å². The van der Waals surface area contributed by atoms with Crippen molar-refractivity contribution in [3.63, 3.8) is 0 Å². The van der Waals surface area contributed by atoms with Gasteiger partial charge < -0.3 is 5.32 Å². The van der Waals surface area contributed by atoms with Gasteiger partial charge in [-0.05, 0) is 24.6 Å². The topological polar surface area (TPSA) is 29.1 Å². The van der Waals surface area contributed by atoms with Gasteiger partial charge in [0, 0.05) is 11.4 Å². The molecule has 0 spiro atoms. The second-order valence-corrected chi connectivity index (χ2v) is 3.46. The van der Waals surface area contributed by atoms with Crippen molar-refractivity contribution in [2.75, 3.05) is 0 Å². The van der Waals surface area contributed by atoms with Gasteiger partial charge in [-0.2, -0.15) is 0 Å². The van der Waals surface area contributed by atoms with Crippen LogP contribution >= 0.6 is 11.6 Å². The summed E-state index contributed by atoms with van der Waals surface area (Å²) in [7, 11) is 0. The zero-order valence-electron chi connectivity index (χ0n) is 8.46. The number of carbonyl (C=O) groups excluding carboxylic acids is 1. The molecule has 0 aliphatic heterocycles. The quantitative estimate of drug-likeness (QED) is 0.615. The largest absolute Gasteiger partial charge is 0.339 e. The van der Waals surface area contributed by atoms with Crippen molar-refractivity contribution < 1.29 is 4.79 Å². The standard InChI is InChI=1S/C12H12ClNO/c1-3-9(2)14-12(15)11-6-4-5-10(7-11)8-13/h1,4-7,9H,8H2,2H3,(H,14,15). The van der Waals surface area contributed by atoms with E-state index >= 15 is 0 Å². The summed E-state index contributed by atoms with van der Waals surface area (Å²) in [6.45, 7) is 1.75. The number of hydrogen-bond acceptors (Lipinski definition) is 1. The molecule has 0 heterocycles. The van der Waals surface area contributed by atoms with E-state index in [0.717, 1.165) is 5.56 Å². The van der Waals surface area contributed by atoms with Gasteiger partial charge in [0.05, 0.1) is 6.04 Å². The predicted octanol–water partition coefficient (Wildman–Crippen LogP) is 2.18. The molecule has 1 unspecified atom stereocenters. The average molecular weight is 222 g/mol. The number of benzene rings is 1. The summed E-state index contributed by atoms with van der Waals surface area (Å²) in [5, 5.41) is 2.68. The van der Waals surface area contributed by atoms with E-state index < -0.39 is 0 Å². The van der Waals surface area contributed by atoms with Crippen molar-refractivity contribution in [1.29, 1.82) is 0 Å². The van der Waals surface area contributed by atoms with E-state index in [1.54, 1.807) is 25.1 Å². The Morgan fingerprint density at radius 2 is 2.40 bits per heavy atom. The Hall–Kier alpha value is -1.46. The highest BCUT2D eigenvalue weighted by molar-refractivity contribution is 6.17. The molecule has 0 fully saturated rings. The van der Waals surface area contributed by atoms with Crippen LogP contribution in [0.25, 0.3) is 0 Å². The fraction of sp³-hybridized carbons (Fsp3) is 0.250. The van der Waals surface area contributed by atoms with E-state index in [1.165, 1.54) is 0 Å². The molecule has 0 radical (unpaired) electrons. The van der Waals surface area contributed by atoms with Crippen LogP contribution in [0.2, 0.25) is 0 Å². The first kappa shape index (κ1) is 11.6. The van der Waals surface area contributed by atoms with Crippen LogP contribution in [0.3, 0.4) is 0 Å². The van der Waals surface area contributed by atoms with E-state index in [0.29, 0.717) is 11.4 Å². The molecule has 2 nitrogen and oxygen atoms in total. The number of nitrogens with one attached hydrogen (secondary N) is 1. The zero-order chi connectivity index (χ0) is 11.3. The van der Waals surface area contributed by atoms with Crippen molar-refractivity contribution in [1.82, 2.24) is 5.32 Å². The summed E-state index contributed by atoms with van der Waals surface area (Å²) in [6, 6.07) is 6.89. The molecule has 0 aliphatic carbocycles. The number of amides is 1. The molecule has 0 aromatic heterocycles. The van der Waals surface area contributed by atoms with Gasteiger partial charge in [0.1, 0.15) is 0 Å². The van der Waals surface area contributed by atoms with Crippen molar-refractivity contribution >= 4 is 17.5 Å². The van der Waals surface area contributed by atoms with Crippen LogP contribution in [0, 0.1) is 12.3 Å². The van der Waals surface area contributed by atoms with Crippen LogP contribution in [-0.4, -0.2) is 11.9 Å². The molecule has 15 heavy (non-hydrogen) atoms.